The first kappa shape index (κ1) is 7.38. The van der Waals surface area contributed by atoms with Gasteiger partial charge in [-0.25, -0.2) is 4.79 Å². The average molecular weight is 142 g/mol. The van der Waals surface area contributed by atoms with Gasteiger partial charge in [0.2, 0.25) is 0 Å². The van der Waals surface area contributed by atoms with E-state index in [1.54, 1.807) is 0 Å². The molecule has 1 aliphatic rings. The third kappa shape index (κ3) is 1.62. The number of urea groups is 1. The summed E-state index contributed by atoms with van der Waals surface area (Å²) in [5.41, 5.74) is 5.00. The molecule has 0 saturated heterocycles. The van der Waals surface area contributed by atoms with Crippen molar-refractivity contribution in [2.75, 3.05) is 0 Å². The summed E-state index contributed by atoms with van der Waals surface area (Å²) in [5.74, 6) is 0. The van der Waals surface area contributed by atoms with Crippen molar-refractivity contribution in [3.8, 4) is 0 Å². The molecule has 1 saturated carbocycles. The fourth-order valence-corrected chi connectivity index (χ4v) is 1.58. The lowest BCUT2D eigenvalue weighted by atomic mass is 10.0. The number of hydrogen-bond donors (Lipinski definition) is 2. The van der Waals surface area contributed by atoms with Gasteiger partial charge in [0.25, 0.3) is 0 Å². The highest BCUT2D eigenvalue weighted by atomic mass is 16.2. The summed E-state index contributed by atoms with van der Waals surface area (Å²) in [6.07, 6.45) is 4.54. The number of primary amides is 1. The van der Waals surface area contributed by atoms with Crippen molar-refractivity contribution in [2.24, 2.45) is 5.73 Å². The molecule has 0 bridgehead atoms. The Morgan fingerprint density at radius 1 is 1.50 bits per heavy atom. The molecule has 0 radical (unpaired) electrons. The molecular formula is C7H14N2O. The van der Waals surface area contributed by atoms with Gasteiger partial charge < -0.3 is 11.1 Å². The topological polar surface area (TPSA) is 55.1 Å². The summed E-state index contributed by atoms with van der Waals surface area (Å²) in [4.78, 5) is 10.5. The van der Waals surface area contributed by atoms with Crippen molar-refractivity contribution in [3.05, 3.63) is 0 Å². The van der Waals surface area contributed by atoms with E-state index in [-0.39, 0.29) is 5.54 Å². The molecule has 1 fully saturated rings. The van der Waals surface area contributed by atoms with Crippen molar-refractivity contribution in [2.45, 2.75) is 38.1 Å². The van der Waals surface area contributed by atoms with Crippen molar-refractivity contribution < 1.29 is 4.79 Å². The van der Waals surface area contributed by atoms with Crippen LogP contribution in [-0.4, -0.2) is 11.6 Å². The molecule has 0 aromatic heterocycles. The molecule has 0 spiro atoms. The zero-order valence-corrected chi connectivity index (χ0v) is 6.31. The Kier molecular flexibility index (Phi) is 1.83. The molecule has 2 amide bonds. The molecule has 0 atom stereocenters. The Morgan fingerprint density at radius 3 is 2.40 bits per heavy atom. The summed E-state index contributed by atoms with van der Waals surface area (Å²) in [7, 11) is 0. The van der Waals surface area contributed by atoms with Crippen molar-refractivity contribution >= 4 is 6.03 Å². The minimum Gasteiger partial charge on any atom is -0.352 e. The van der Waals surface area contributed by atoms with Gasteiger partial charge in [0, 0.05) is 5.54 Å². The van der Waals surface area contributed by atoms with Crippen LogP contribution >= 0.6 is 0 Å². The van der Waals surface area contributed by atoms with E-state index in [0.717, 1.165) is 12.8 Å². The molecule has 0 aliphatic heterocycles. The van der Waals surface area contributed by atoms with Gasteiger partial charge >= 0.3 is 6.03 Å². The van der Waals surface area contributed by atoms with Crippen LogP contribution in [0.25, 0.3) is 0 Å². The van der Waals surface area contributed by atoms with E-state index in [0.29, 0.717) is 0 Å². The van der Waals surface area contributed by atoms with Gasteiger partial charge in [-0.2, -0.15) is 0 Å². The molecular weight excluding hydrogens is 128 g/mol. The monoisotopic (exact) mass is 142 g/mol. The molecule has 0 aromatic carbocycles. The normalized spacial score (nSPS) is 22.5. The predicted octanol–water partition coefficient (Wildman–Crippen LogP) is 0.987. The Balaban J connectivity index is 2.43. The largest absolute Gasteiger partial charge is 0.352 e. The summed E-state index contributed by atoms with van der Waals surface area (Å²) >= 11 is 0. The number of nitrogens with two attached hydrogens (primary N) is 1. The first-order chi connectivity index (χ1) is 4.62. The summed E-state index contributed by atoms with van der Waals surface area (Å²) in [6.45, 7) is 2.05. The minimum atomic E-state index is -0.399. The number of carbonyl (C=O) groups is 1. The van der Waals surface area contributed by atoms with Gasteiger partial charge in [-0.15, -0.1) is 0 Å². The first-order valence-electron chi connectivity index (χ1n) is 3.70. The highest BCUT2D eigenvalue weighted by Crippen LogP contribution is 2.28. The molecule has 3 N–H and O–H groups in total. The van der Waals surface area contributed by atoms with Crippen molar-refractivity contribution in [1.82, 2.24) is 5.32 Å². The molecule has 3 heteroatoms. The number of hydrogen-bond acceptors (Lipinski definition) is 1. The minimum absolute atomic E-state index is 0.00810. The lowest BCUT2D eigenvalue weighted by Crippen LogP contribution is -2.46. The van der Waals surface area contributed by atoms with E-state index in [4.69, 9.17) is 5.73 Å². The quantitative estimate of drug-likeness (QED) is 0.563. The molecule has 1 rings (SSSR count). The number of carbonyl (C=O) groups excluding carboxylic acids is 1. The van der Waals surface area contributed by atoms with Crippen LogP contribution in [0.2, 0.25) is 0 Å². The Bertz CT molecular complexity index is 139. The molecule has 10 heavy (non-hydrogen) atoms. The van der Waals surface area contributed by atoms with Crippen LogP contribution in [0.1, 0.15) is 32.6 Å². The fraction of sp³-hybridized carbons (Fsp3) is 0.857. The average Bonchev–Trinajstić information content (AvgIpc) is 2.12. The van der Waals surface area contributed by atoms with Crippen LogP contribution in [0.4, 0.5) is 4.79 Å². The van der Waals surface area contributed by atoms with Gasteiger partial charge in [-0.3, -0.25) is 0 Å². The molecule has 58 valence electrons. The Labute approximate surface area is 61.0 Å². The Morgan fingerprint density at radius 2 is 2.00 bits per heavy atom. The third-order valence-corrected chi connectivity index (χ3v) is 2.13. The van der Waals surface area contributed by atoms with Crippen molar-refractivity contribution in [1.29, 1.82) is 0 Å². The van der Waals surface area contributed by atoms with Crippen LogP contribution in [0, 0.1) is 0 Å². The maximum absolute atomic E-state index is 10.5. The van der Waals surface area contributed by atoms with Crippen LogP contribution < -0.4 is 11.1 Å². The van der Waals surface area contributed by atoms with Gasteiger partial charge in [0.1, 0.15) is 0 Å². The van der Waals surface area contributed by atoms with Crippen molar-refractivity contribution in [3.63, 3.8) is 0 Å². The number of nitrogens with one attached hydrogen (secondary N) is 1. The SMILES string of the molecule is CC1(NC(N)=O)CCCC1. The lowest BCUT2D eigenvalue weighted by molar-refractivity contribution is 0.236. The third-order valence-electron chi connectivity index (χ3n) is 2.13. The molecule has 0 unspecified atom stereocenters. The van der Waals surface area contributed by atoms with E-state index < -0.39 is 6.03 Å². The molecule has 0 aromatic rings. The maximum atomic E-state index is 10.5. The molecule has 0 heterocycles. The van der Waals surface area contributed by atoms with Crippen LogP contribution in [0.3, 0.4) is 0 Å². The number of amides is 2. The highest BCUT2D eigenvalue weighted by Gasteiger charge is 2.28. The van der Waals surface area contributed by atoms with E-state index in [9.17, 15) is 4.79 Å². The summed E-state index contributed by atoms with van der Waals surface area (Å²) < 4.78 is 0. The zero-order valence-electron chi connectivity index (χ0n) is 6.31. The Hall–Kier alpha value is -0.730. The predicted molar refractivity (Wildman–Crippen MR) is 39.6 cm³/mol. The number of rotatable bonds is 1. The summed E-state index contributed by atoms with van der Waals surface area (Å²) in [6, 6.07) is -0.399. The molecule has 3 nitrogen and oxygen atoms in total. The maximum Gasteiger partial charge on any atom is 0.312 e. The van der Waals surface area contributed by atoms with E-state index in [1.165, 1.54) is 12.8 Å². The standard InChI is InChI=1S/C7H14N2O/c1-7(9-6(8)10)4-2-3-5-7/h2-5H2,1H3,(H3,8,9,10). The first-order valence-corrected chi connectivity index (χ1v) is 3.70. The second-order valence-corrected chi connectivity index (χ2v) is 3.26. The van der Waals surface area contributed by atoms with Crippen LogP contribution in [0.5, 0.6) is 0 Å². The van der Waals surface area contributed by atoms with Crippen LogP contribution in [-0.2, 0) is 0 Å². The summed E-state index contributed by atoms with van der Waals surface area (Å²) in [5, 5.41) is 2.76. The van der Waals surface area contributed by atoms with E-state index in [1.807, 2.05) is 6.92 Å². The van der Waals surface area contributed by atoms with E-state index >= 15 is 0 Å². The second-order valence-electron chi connectivity index (χ2n) is 3.26. The van der Waals surface area contributed by atoms with Gasteiger partial charge in [0.05, 0.1) is 0 Å². The van der Waals surface area contributed by atoms with Crippen LogP contribution in [0.15, 0.2) is 0 Å². The molecule has 1 aliphatic carbocycles. The van der Waals surface area contributed by atoms with E-state index in [2.05, 4.69) is 5.32 Å². The van der Waals surface area contributed by atoms with Gasteiger partial charge in [0.15, 0.2) is 0 Å². The highest BCUT2D eigenvalue weighted by molar-refractivity contribution is 5.72. The van der Waals surface area contributed by atoms with Gasteiger partial charge in [-0.1, -0.05) is 12.8 Å². The van der Waals surface area contributed by atoms with Gasteiger partial charge in [-0.05, 0) is 19.8 Å². The lowest BCUT2D eigenvalue weighted by Gasteiger charge is -2.23. The smallest absolute Gasteiger partial charge is 0.312 e. The second kappa shape index (κ2) is 2.48. The zero-order chi connectivity index (χ0) is 7.61. The fourth-order valence-electron chi connectivity index (χ4n) is 1.58.